The Morgan fingerprint density at radius 2 is 2.29 bits per heavy atom. The van der Waals surface area contributed by atoms with E-state index in [-0.39, 0.29) is 5.91 Å². The first-order chi connectivity index (χ1) is 10.3. The SMILES string of the molecule is CCC1CCCCN1C(=O)c1ccn(C2CCCNC2)n1. The molecular formula is C16H26N4O. The summed E-state index contributed by atoms with van der Waals surface area (Å²) >= 11 is 0. The van der Waals surface area contributed by atoms with Gasteiger partial charge in [0.2, 0.25) is 0 Å². The van der Waals surface area contributed by atoms with Gasteiger partial charge in [0.15, 0.2) is 0 Å². The zero-order valence-electron chi connectivity index (χ0n) is 12.9. The minimum atomic E-state index is 0.115. The van der Waals surface area contributed by atoms with Crippen molar-refractivity contribution in [3.05, 3.63) is 18.0 Å². The average molecular weight is 290 g/mol. The van der Waals surface area contributed by atoms with Gasteiger partial charge in [0, 0.05) is 25.3 Å². The van der Waals surface area contributed by atoms with Gasteiger partial charge in [-0.25, -0.2) is 0 Å². The molecule has 1 amide bonds. The molecule has 5 nitrogen and oxygen atoms in total. The van der Waals surface area contributed by atoms with Crippen molar-refractivity contribution in [2.24, 2.45) is 0 Å². The van der Waals surface area contributed by atoms with Crippen molar-refractivity contribution in [2.75, 3.05) is 19.6 Å². The van der Waals surface area contributed by atoms with Crippen LogP contribution in [-0.4, -0.2) is 46.3 Å². The van der Waals surface area contributed by atoms with Gasteiger partial charge >= 0.3 is 0 Å². The lowest BCUT2D eigenvalue weighted by Crippen LogP contribution is -2.43. The molecule has 3 heterocycles. The van der Waals surface area contributed by atoms with E-state index in [2.05, 4.69) is 17.3 Å². The number of carbonyl (C=O) groups excluding carboxylic acids is 1. The maximum atomic E-state index is 12.7. The average Bonchev–Trinajstić information content (AvgIpc) is 3.05. The van der Waals surface area contributed by atoms with Gasteiger partial charge in [0.1, 0.15) is 5.69 Å². The molecule has 2 fully saturated rings. The summed E-state index contributed by atoms with van der Waals surface area (Å²) in [4.78, 5) is 14.7. The van der Waals surface area contributed by atoms with Crippen LogP contribution in [-0.2, 0) is 0 Å². The molecule has 3 rings (SSSR count). The van der Waals surface area contributed by atoms with Crippen LogP contribution < -0.4 is 5.32 Å². The molecule has 0 aliphatic carbocycles. The second kappa shape index (κ2) is 6.60. The molecule has 2 saturated heterocycles. The molecular weight excluding hydrogens is 264 g/mol. The Kier molecular flexibility index (Phi) is 4.58. The minimum absolute atomic E-state index is 0.115. The van der Waals surface area contributed by atoms with Crippen LogP contribution in [0.25, 0.3) is 0 Å². The van der Waals surface area contributed by atoms with Crippen molar-refractivity contribution in [3.63, 3.8) is 0 Å². The number of rotatable bonds is 3. The van der Waals surface area contributed by atoms with Crippen LogP contribution in [0.3, 0.4) is 0 Å². The number of hydrogen-bond donors (Lipinski definition) is 1. The topological polar surface area (TPSA) is 50.2 Å². The summed E-state index contributed by atoms with van der Waals surface area (Å²) in [5.41, 5.74) is 0.612. The van der Waals surface area contributed by atoms with Crippen LogP contribution in [0.1, 0.15) is 62.0 Å². The normalized spacial score (nSPS) is 26.8. The highest BCUT2D eigenvalue weighted by Gasteiger charge is 2.28. The summed E-state index contributed by atoms with van der Waals surface area (Å²) in [7, 11) is 0. The predicted molar refractivity (Wildman–Crippen MR) is 82.3 cm³/mol. The maximum Gasteiger partial charge on any atom is 0.274 e. The van der Waals surface area contributed by atoms with Crippen LogP contribution in [0.15, 0.2) is 12.3 Å². The monoisotopic (exact) mass is 290 g/mol. The van der Waals surface area contributed by atoms with E-state index in [9.17, 15) is 4.79 Å². The minimum Gasteiger partial charge on any atom is -0.334 e. The Labute approximate surface area is 126 Å². The number of hydrogen-bond acceptors (Lipinski definition) is 3. The first-order valence-corrected chi connectivity index (χ1v) is 8.36. The molecule has 0 spiro atoms. The predicted octanol–water partition coefficient (Wildman–Crippen LogP) is 2.21. The van der Waals surface area contributed by atoms with Crippen molar-refractivity contribution < 1.29 is 4.79 Å². The van der Waals surface area contributed by atoms with Crippen molar-refractivity contribution >= 4 is 5.91 Å². The number of nitrogens with one attached hydrogen (secondary N) is 1. The third-order valence-corrected chi connectivity index (χ3v) is 4.83. The second-order valence-corrected chi connectivity index (χ2v) is 6.24. The Morgan fingerprint density at radius 1 is 1.38 bits per heavy atom. The lowest BCUT2D eigenvalue weighted by molar-refractivity contribution is 0.0600. The van der Waals surface area contributed by atoms with Gasteiger partial charge in [-0.05, 0) is 51.1 Å². The molecule has 21 heavy (non-hydrogen) atoms. The van der Waals surface area contributed by atoms with Gasteiger partial charge in [-0.2, -0.15) is 5.10 Å². The summed E-state index contributed by atoms with van der Waals surface area (Å²) in [6.07, 6.45) is 8.83. The lowest BCUT2D eigenvalue weighted by atomic mass is 10.00. The molecule has 0 saturated carbocycles. The standard InChI is InChI=1S/C16H26N4O/c1-2-13-6-3-4-10-19(13)16(21)15-8-11-20(18-15)14-7-5-9-17-12-14/h8,11,13-14,17H,2-7,9-10,12H2,1H3. The summed E-state index contributed by atoms with van der Waals surface area (Å²) in [5.74, 6) is 0.115. The summed E-state index contributed by atoms with van der Waals surface area (Å²) < 4.78 is 1.98. The number of likely N-dealkylation sites (tertiary alicyclic amines) is 1. The van der Waals surface area contributed by atoms with Gasteiger partial charge in [0.05, 0.1) is 6.04 Å². The molecule has 5 heteroatoms. The number of aromatic nitrogens is 2. The van der Waals surface area contributed by atoms with E-state index >= 15 is 0 Å². The van der Waals surface area contributed by atoms with Crippen LogP contribution in [0, 0.1) is 0 Å². The molecule has 2 unspecified atom stereocenters. The van der Waals surface area contributed by atoms with E-state index in [4.69, 9.17) is 0 Å². The Morgan fingerprint density at radius 3 is 3.05 bits per heavy atom. The zero-order chi connectivity index (χ0) is 14.7. The van der Waals surface area contributed by atoms with Gasteiger partial charge < -0.3 is 10.2 Å². The van der Waals surface area contributed by atoms with Gasteiger partial charge in [-0.15, -0.1) is 0 Å². The number of carbonyl (C=O) groups is 1. The van der Waals surface area contributed by atoms with Crippen LogP contribution in [0.4, 0.5) is 0 Å². The molecule has 2 aliphatic rings. The Bertz CT molecular complexity index is 478. The molecule has 0 aromatic carbocycles. The lowest BCUT2D eigenvalue weighted by Gasteiger charge is -2.34. The number of amides is 1. The highest BCUT2D eigenvalue weighted by atomic mass is 16.2. The number of piperidine rings is 2. The zero-order valence-corrected chi connectivity index (χ0v) is 12.9. The van der Waals surface area contributed by atoms with Crippen molar-refractivity contribution in [3.8, 4) is 0 Å². The first-order valence-electron chi connectivity index (χ1n) is 8.36. The molecule has 0 radical (unpaired) electrons. The van der Waals surface area contributed by atoms with Gasteiger partial charge in [-0.3, -0.25) is 9.48 Å². The van der Waals surface area contributed by atoms with Crippen molar-refractivity contribution in [2.45, 2.75) is 57.5 Å². The highest BCUT2D eigenvalue weighted by molar-refractivity contribution is 5.92. The van der Waals surface area contributed by atoms with Gasteiger partial charge in [0.25, 0.3) is 5.91 Å². The van der Waals surface area contributed by atoms with Crippen LogP contribution in [0.2, 0.25) is 0 Å². The molecule has 2 atom stereocenters. The Hall–Kier alpha value is -1.36. The van der Waals surface area contributed by atoms with E-state index < -0.39 is 0 Å². The van der Waals surface area contributed by atoms with E-state index in [1.54, 1.807) is 0 Å². The highest BCUT2D eigenvalue weighted by Crippen LogP contribution is 2.22. The fourth-order valence-electron chi connectivity index (χ4n) is 3.55. The van der Waals surface area contributed by atoms with E-state index in [0.717, 1.165) is 45.3 Å². The van der Waals surface area contributed by atoms with Crippen molar-refractivity contribution in [1.29, 1.82) is 0 Å². The molecule has 1 aromatic rings. The van der Waals surface area contributed by atoms with E-state index in [1.165, 1.54) is 12.8 Å². The third-order valence-electron chi connectivity index (χ3n) is 4.83. The molecule has 116 valence electrons. The smallest absolute Gasteiger partial charge is 0.274 e. The van der Waals surface area contributed by atoms with Crippen LogP contribution in [0.5, 0.6) is 0 Å². The van der Waals surface area contributed by atoms with Crippen molar-refractivity contribution in [1.82, 2.24) is 20.0 Å². The fraction of sp³-hybridized carbons (Fsp3) is 0.750. The third kappa shape index (κ3) is 3.12. The van der Waals surface area contributed by atoms with E-state index in [1.807, 2.05) is 21.8 Å². The fourth-order valence-corrected chi connectivity index (χ4v) is 3.55. The molecule has 1 aromatic heterocycles. The molecule has 1 N–H and O–H groups in total. The first kappa shape index (κ1) is 14.6. The Balaban J connectivity index is 1.71. The molecule has 2 aliphatic heterocycles. The maximum absolute atomic E-state index is 12.7. The van der Waals surface area contributed by atoms with Gasteiger partial charge in [-0.1, -0.05) is 6.92 Å². The number of nitrogens with zero attached hydrogens (tertiary/aromatic N) is 3. The van der Waals surface area contributed by atoms with Crippen LogP contribution >= 0.6 is 0 Å². The second-order valence-electron chi connectivity index (χ2n) is 6.24. The summed E-state index contributed by atoms with van der Waals surface area (Å²) in [6.45, 7) is 5.10. The summed E-state index contributed by atoms with van der Waals surface area (Å²) in [5, 5.41) is 7.96. The molecule has 0 bridgehead atoms. The summed E-state index contributed by atoms with van der Waals surface area (Å²) in [6, 6.07) is 2.68. The quantitative estimate of drug-likeness (QED) is 0.928. The largest absolute Gasteiger partial charge is 0.334 e. The van der Waals surface area contributed by atoms with E-state index in [0.29, 0.717) is 17.8 Å².